The van der Waals surface area contributed by atoms with Gasteiger partial charge in [0.15, 0.2) is 5.82 Å². The number of nitrogens with zero attached hydrogens (tertiary/aromatic N) is 4. The van der Waals surface area contributed by atoms with Crippen LogP contribution in [-0.4, -0.2) is 56.6 Å². The van der Waals surface area contributed by atoms with Gasteiger partial charge in [0.05, 0.1) is 6.04 Å². The molecule has 3 heterocycles. The Balaban J connectivity index is 1.49. The van der Waals surface area contributed by atoms with Crippen LogP contribution in [0, 0.1) is 12.8 Å². The Labute approximate surface area is 164 Å². The number of aromatic amines is 1. The highest BCUT2D eigenvalue weighted by Crippen LogP contribution is 2.18. The third kappa shape index (κ3) is 4.85. The number of carbonyl (C=O) groups excluding carboxylic acids is 2. The van der Waals surface area contributed by atoms with Crippen molar-refractivity contribution in [3.05, 3.63) is 29.7 Å². The number of hydrogen-bond acceptors (Lipinski definition) is 5. The maximum absolute atomic E-state index is 12.2. The van der Waals surface area contributed by atoms with Crippen molar-refractivity contribution in [2.24, 2.45) is 5.92 Å². The van der Waals surface area contributed by atoms with E-state index in [1.807, 2.05) is 30.9 Å². The number of pyridine rings is 1. The second-order valence-corrected chi connectivity index (χ2v) is 7.25. The Bertz CT molecular complexity index is 835. The first-order chi connectivity index (χ1) is 13.5. The van der Waals surface area contributed by atoms with E-state index in [9.17, 15) is 9.59 Å². The van der Waals surface area contributed by atoms with Gasteiger partial charge in [-0.2, -0.15) is 5.10 Å². The third-order valence-electron chi connectivity index (χ3n) is 4.74. The smallest absolute Gasteiger partial charge is 0.315 e. The van der Waals surface area contributed by atoms with Crippen LogP contribution in [-0.2, 0) is 4.79 Å². The van der Waals surface area contributed by atoms with Crippen molar-refractivity contribution in [3.63, 3.8) is 0 Å². The van der Waals surface area contributed by atoms with Crippen LogP contribution in [0.15, 0.2) is 18.3 Å². The first kappa shape index (κ1) is 19.8. The summed E-state index contributed by atoms with van der Waals surface area (Å²) < 4.78 is 0. The summed E-state index contributed by atoms with van der Waals surface area (Å²) in [6.07, 6.45) is 3.15. The lowest BCUT2D eigenvalue weighted by Gasteiger charge is -2.16. The molecular formula is C19H27N7O2. The van der Waals surface area contributed by atoms with Crippen LogP contribution in [0.2, 0.25) is 0 Å². The monoisotopic (exact) mass is 385 g/mol. The van der Waals surface area contributed by atoms with E-state index in [0.29, 0.717) is 36.9 Å². The van der Waals surface area contributed by atoms with Crippen LogP contribution >= 0.6 is 0 Å². The van der Waals surface area contributed by atoms with Gasteiger partial charge in [-0.05, 0) is 38.0 Å². The van der Waals surface area contributed by atoms with Gasteiger partial charge in [-0.25, -0.2) is 9.78 Å². The molecule has 150 valence electrons. The van der Waals surface area contributed by atoms with E-state index >= 15 is 0 Å². The number of H-pyrrole nitrogens is 1. The minimum atomic E-state index is -0.340. The molecule has 1 aliphatic heterocycles. The number of nitrogens with one attached hydrogen (secondary N) is 3. The molecule has 0 aromatic carbocycles. The molecule has 9 nitrogen and oxygen atoms in total. The average Bonchev–Trinajstić information content (AvgIpc) is 3.28. The van der Waals surface area contributed by atoms with Crippen LogP contribution in [0.5, 0.6) is 0 Å². The zero-order valence-corrected chi connectivity index (χ0v) is 16.5. The Kier molecular flexibility index (Phi) is 6.23. The van der Waals surface area contributed by atoms with Crippen molar-refractivity contribution in [3.8, 4) is 11.5 Å². The maximum atomic E-state index is 12.2. The molecule has 0 spiro atoms. The van der Waals surface area contributed by atoms with Crippen molar-refractivity contribution in [1.82, 2.24) is 35.7 Å². The molecule has 9 heteroatoms. The quantitative estimate of drug-likeness (QED) is 0.672. The van der Waals surface area contributed by atoms with E-state index in [1.165, 1.54) is 0 Å². The number of rotatable bonds is 7. The largest absolute Gasteiger partial charge is 0.342 e. The Morgan fingerprint density at radius 3 is 3.04 bits per heavy atom. The lowest BCUT2D eigenvalue weighted by molar-refractivity contribution is -0.127. The van der Waals surface area contributed by atoms with Crippen LogP contribution in [0.4, 0.5) is 4.79 Å². The highest BCUT2D eigenvalue weighted by atomic mass is 16.2. The molecule has 2 aromatic heterocycles. The van der Waals surface area contributed by atoms with Crippen molar-refractivity contribution >= 4 is 11.9 Å². The van der Waals surface area contributed by atoms with E-state index in [0.717, 1.165) is 18.5 Å². The number of hydrogen-bond donors (Lipinski definition) is 3. The van der Waals surface area contributed by atoms with E-state index < -0.39 is 0 Å². The molecule has 0 saturated carbocycles. The summed E-state index contributed by atoms with van der Waals surface area (Å²) in [5.74, 6) is 1.37. The maximum Gasteiger partial charge on any atom is 0.315 e. The molecule has 2 atom stereocenters. The summed E-state index contributed by atoms with van der Waals surface area (Å²) in [7, 11) is 0. The van der Waals surface area contributed by atoms with Gasteiger partial charge < -0.3 is 15.5 Å². The van der Waals surface area contributed by atoms with Gasteiger partial charge in [-0.15, -0.1) is 0 Å². The summed E-state index contributed by atoms with van der Waals surface area (Å²) in [5, 5.41) is 12.7. The van der Waals surface area contributed by atoms with Gasteiger partial charge in [0.1, 0.15) is 11.5 Å². The van der Waals surface area contributed by atoms with Gasteiger partial charge in [0.2, 0.25) is 5.91 Å². The topological polar surface area (TPSA) is 116 Å². The molecule has 3 rings (SSSR count). The van der Waals surface area contributed by atoms with Crippen LogP contribution < -0.4 is 10.6 Å². The Morgan fingerprint density at radius 2 is 2.29 bits per heavy atom. The summed E-state index contributed by atoms with van der Waals surface area (Å²) in [6, 6.07) is 3.18. The predicted octanol–water partition coefficient (Wildman–Crippen LogP) is 1.79. The van der Waals surface area contributed by atoms with Crippen LogP contribution in [0.25, 0.3) is 11.5 Å². The normalized spacial score (nSPS) is 17.6. The molecular weight excluding hydrogens is 358 g/mol. The molecule has 3 amide bonds. The predicted molar refractivity (Wildman–Crippen MR) is 104 cm³/mol. The summed E-state index contributed by atoms with van der Waals surface area (Å²) in [5.41, 5.74) is 1.76. The number of aryl methyl sites for hydroxylation is 1. The molecule has 1 aliphatic rings. The molecule has 0 bridgehead atoms. The molecule has 0 radical (unpaired) electrons. The second kappa shape index (κ2) is 8.81. The highest BCUT2D eigenvalue weighted by molar-refractivity contribution is 5.79. The van der Waals surface area contributed by atoms with Crippen LogP contribution in [0.1, 0.15) is 44.1 Å². The molecule has 28 heavy (non-hydrogen) atoms. The molecule has 2 unspecified atom stereocenters. The number of aromatic nitrogens is 4. The van der Waals surface area contributed by atoms with Gasteiger partial charge in [-0.3, -0.25) is 14.9 Å². The fourth-order valence-electron chi connectivity index (χ4n) is 3.27. The highest BCUT2D eigenvalue weighted by Gasteiger charge is 2.29. The summed E-state index contributed by atoms with van der Waals surface area (Å²) in [4.78, 5) is 34.7. The second-order valence-electron chi connectivity index (χ2n) is 7.25. The summed E-state index contributed by atoms with van der Waals surface area (Å²) >= 11 is 0. The standard InChI is InChI=1S/C19H27N7O2/c1-4-7-26-11-14(9-16(26)27)10-21-19(28)22-13(3)17-23-18(25-24-17)15-8-12(2)5-6-20-15/h5-6,8,13-14H,4,7,9-11H2,1-3H3,(H2,21,22,28)(H,23,24,25). The SMILES string of the molecule is CCCN1CC(CNC(=O)NC(C)c2nc(-c3cc(C)ccn3)n[nH]2)CC1=O. The fraction of sp³-hybridized carbons (Fsp3) is 0.526. The fourth-order valence-corrected chi connectivity index (χ4v) is 3.27. The van der Waals surface area contributed by atoms with Crippen molar-refractivity contribution < 1.29 is 9.59 Å². The minimum Gasteiger partial charge on any atom is -0.342 e. The van der Waals surface area contributed by atoms with Crippen molar-refractivity contribution in [1.29, 1.82) is 0 Å². The van der Waals surface area contributed by atoms with Gasteiger partial charge in [0, 0.05) is 38.2 Å². The van der Waals surface area contributed by atoms with Gasteiger partial charge in [-0.1, -0.05) is 6.92 Å². The van der Waals surface area contributed by atoms with Crippen LogP contribution in [0.3, 0.4) is 0 Å². The van der Waals surface area contributed by atoms with Crippen molar-refractivity contribution in [2.45, 2.75) is 39.7 Å². The molecule has 1 fully saturated rings. The first-order valence-corrected chi connectivity index (χ1v) is 9.63. The molecule has 2 aromatic rings. The zero-order valence-electron chi connectivity index (χ0n) is 16.5. The molecule has 1 saturated heterocycles. The van der Waals surface area contributed by atoms with Gasteiger partial charge >= 0.3 is 6.03 Å². The lowest BCUT2D eigenvalue weighted by Crippen LogP contribution is -2.40. The minimum absolute atomic E-state index is 0.157. The lowest BCUT2D eigenvalue weighted by atomic mass is 10.1. The first-order valence-electron chi connectivity index (χ1n) is 9.63. The number of carbonyl (C=O) groups is 2. The van der Waals surface area contributed by atoms with Crippen molar-refractivity contribution in [2.75, 3.05) is 19.6 Å². The number of amides is 3. The zero-order chi connectivity index (χ0) is 20.1. The van der Waals surface area contributed by atoms with E-state index in [2.05, 4.69) is 37.7 Å². The molecule has 0 aliphatic carbocycles. The average molecular weight is 385 g/mol. The van der Waals surface area contributed by atoms with E-state index in [1.54, 1.807) is 6.20 Å². The number of urea groups is 1. The van der Waals surface area contributed by atoms with E-state index in [-0.39, 0.29) is 23.9 Å². The van der Waals surface area contributed by atoms with E-state index in [4.69, 9.17) is 0 Å². The third-order valence-corrected chi connectivity index (χ3v) is 4.74. The number of likely N-dealkylation sites (tertiary alicyclic amines) is 1. The Morgan fingerprint density at radius 1 is 1.46 bits per heavy atom. The Hall–Kier alpha value is -2.97. The van der Waals surface area contributed by atoms with Gasteiger partial charge in [0.25, 0.3) is 0 Å². The summed E-state index contributed by atoms with van der Waals surface area (Å²) in [6.45, 7) is 7.82. The molecule has 3 N–H and O–H groups in total.